The lowest BCUT2D eigenvalue weighted by atomic mass is 10.2. The second-order valence-corrected chi connectivity index (χ2v) is 8.13. The van der Waals surface area contributed by atoms with E-state index >= 15 is 0 Å². The van der Waals surface area contributed by atoms with Crippen LogP contribution in [0.4, 0.5) is 5.82 Å². The number of aromatic amines is 1. The van der Waals surface area contributed by atoms with Crippen LogP contribution < -0.4 is 5.32 Å². The van der Waals surface area contributed by atoms with E-state index in [1.807, 2.05) is 0 Å². The van der Waals surface area contributed by atoms with Crippen LogP contribution in [-0.4, -0.2) is 62.1 Å². The second kappa shape index (κ2) is 10.6. The Hall–Kier alpha value is -1.06. The van der Waals surface area contributed by atoms with Crippen molar-refractivity contribution in [3.05, 3.63) is 23.2 Å². The Labute approximate surface area is 186 Å². The molecule has 0 saturated carbocycles. The highest BCUT2D eigenvalue weighted by Gasteiger charge is 2.11. The number of imidazole rings is 1. The van der Waals surface area contributed by atoms with Gasteiger partial charge in [-0.05, 0) is 44.2 Å². The fourth-order valence-corrected chi connectivity index (χ4v) is 4.81. The standard InChI is InChI=1S/C18H24N6S2.2ClH/c1-2-24-16-11-14-13(10-15(16)22-18(24)25)17(21-12-20-14)19-4-3-5-23-6-8-26-9-7-23;;/h10-12H,2-9H2,1H3,(H,22,25)(H,19,20,21);2*1H. The van der Waals surface area contributed by atoms with Gasteiger partial charge in [0.25, 0.3) is 0 Å². The van der Waals surface area contributed by atoms with E-state index < -0.39 is 0 Å². The number of nitrogens with one attached hydrogen (secondary N) is 2. The fraction of sp³-hybridized carbons (Fsp3) is 0.500. The maximum Gasteiger partial charge on any atom is 0.178 e. The SMILES string of the molecule is CCn1c(=S)[nH]c2cc3c(NCCCN4CCSCC4)ncnc3cc21.Cl.Cl. The van der Waals surface area contributed by atoms with Crippen LogP contribution in [0.25, 0.3) is 21.9 Å². The highest BCUT2D eigenvalue weighted by Crippen LogP contribution is 2.25. The van der Waals surface area contributed by atoms with Gasteiger partial charge in [-0.15, -0.1) is 24.8 Å². The van der Waals surface area contributed by atoms with Gasteiger partial charge in [0.15, 0.2) is 4.77 Å². The molecule has 0 amide bonds. The zero-order chi connectivity index (χ0) is 17.9. The van der Waals surface area contributed by atoms with Crippen LogP contribution in [0.1, 0.15) is 13.3 Å². The van der Waals surface area contributed by atoms with Crippen LogP contribution in [-0.2, 0) is 6.54 Å². The molecule has 2 aromatic heterocycles. The minimum absolute atomic E-state index is 0. The van der Waals surface area contributed by atoms with Crippen molar-refractivity contribution in [3.63, 3.8) is 0 Å². The molecule has 1 aromatic carbocycles. The fourth-order valence-electron chi connectivity index (χ4n) is 3.50. The Kier molecular flexibility index (Phi) is 8.82. The van der Waals surface area contributed by atoms with Gasteiger partial charge in [-0.25, -0.2) is 9.97 Å². The summed E-state index contributed by atoms with van der Waals surface area (Å²) >= 11 is 7.48. The summed E-state index contributed by atoms with van der Waals surface area (Å²) in [5.41, 5.74) is 3.07. The Morgan fingerprint density at radius 2 is 2.00 bits per heavy atom. The summed E-state index contributed by atoms with van der Waals surface area (Å²) in [6.45, 7) is 7.43. The van der Waals surface area contributed by atoms with E-state index in [1.54, 1.807) is 6.33 Å². The predicted molar refractivity (Wildman–Crippen MR) is 127 cm³/mol. The van der Waals surface area contributed by atoms with Crippen molar-refractivity contribution in [1.29, 1.82) is 0 Å². The molecule has 1 aliphatic rings. The number of benzene rings is 1. The van der Waals surface area contributed by atoms with E-state index in [2.05, 4.69) is 60.6 Å². The lowest BCUT2D eigenvalue weighted by molar-refractivity contribution is 0.301. The van der Waals surface area contributed by atoms with E-state index in [1.165, 1.54) is 24.6 Å². The van der Waals surface area contributed by atoms with Gasteiger partial charge in [0.2, 0.25) is 0 Å². The van der Waals surface area contributed by atoms with E-state index in [0.29, 0.717) is 0 Å². The molecule has 0 spiro atoms. The summed E-state index contributed by atoms with van der Waals surface area (Å²) in [7, 11) is 0. The summed E-state index contributed by atoms with van der Waals surface area (Å²) in [6.07, 6.45) is 2.75. The molecule has 0 bridgehead atoms. The highest BCUT2D eigenvalue weighted by atomic mass is 35.5. The molecule has 0 aliphatic carbocycles. The number of hydrogen-bond donors (Lipinski definition) is 2. The number of aromatic nitrogens is 4. The minimum atomic E-state index is 0. The Morgan fingerprint density at radius 1 is 1.21 bits per heavy atom. The van der Waals surface area contributed by atoms with Gasteiger partial charge in [0.1, 0.15) is 12.1 Å². The molecule has 4 rings (SSSR count). The Morgan fingerprint density at radius 3 is 2.75 bits per heavy atom. The van der Waals surface area contributed by atoms with E-state index in [-0.39, 0.29) is 24.8 Å². The lowest BCUT2D eigenvalue weighted by Gasteiger charge is -2.26. The third-order valence-electron chi connectivity index (χ3n) is 4.89. The van der Waals surface area contributed by atoms with Crippen molar-refractivity contribution < 1.29 is 0 Å². The summed E-state index contributed by atoms with van der Waals surface area (Å²) in [4.78, 5) is 14.8. The quantitative estimate of drug-likeness (QED) is 0.420. The largest absolute Gasteiger partial charge is 0.369 e. The van der Waals surface area contributed by atoms with Gasteiger partial charge >= 0.3 is 0 Å². The van der Waals surface area contributed by atoms with Crippen LogP contribution in [0.5, 0.6) is 0 Å². The molecule has 1 fully saturated rings. The van der Waals surface area contributed by atoms with Crippen LogP contribution in [0.3, 0.4) is 0 Å². The second-order valence-electron chi connectivity index (χ2n) is 6.52. The van der Waals surface area contributed by atoms with Gasteiger partial charge in [0.05, 0.1) is 16.6 Å². The Bertz CT molecular complexity index is 968. The molecule has 0 atom stereocenters. The predicted octanol–water partition coefficient (Wildman–Crippen LogP) is 4.36. The van der Waals surface area contributed by atoms with Crippen LogP contribution in [0.2, 0.25) is 0 Å². The van der Waals surface area contributed by atoms with Crippen LogP contribution in [0.15, 0.2) is 18.5 Å². The third kappa shape index (κ3) is 4.91. The normalized spacial score (nSPS) is 14.6. The van der Waals surface area contributed by atoms with E-state index in [9.17, 15) is 0 Å². The van der Waals surface area contributed by atoms with Crippen molar-refractivity contribution in [1.82, 2.24) is 24.4 Å². The topological polar surface area (TPSA) is 61.8 Å². The average molecular weight is 461 g/mol. The number of hydrogen-bond acceptors (Lipinski definition) is 6. The Balaban J connectivity index is 0.00000140. The molecule has 2 N–H and O–H groups in total. The number of fused-ring (bicyclic) bond motifs is 2. The van der Waals surface area contributed by atoms with E-state index in [0.717, 1.165) is 58.6 Å². The number of rotatable bonds is 6. The highest BCUT2D eigenvalue weighted by molar-refractivity contribution is 7.99. The summed E-state index contributed by atoms with van der Waals surface area (Å²) in [5.74, 6) is 3.42. The molecule has 0 unspecified atom stereocenters. The van der Waals surface area contributed by atoms with Gasteiger partial charge in [-0.2, -0.15) is 11.8 Å². The maximum absolute atomic E-state index is 5.42. The summed E-state index contributed by atoms with van der Waals surface area (Å²) in [6, 6.07) is 4.20. The molecule has 3 heterocycles. The molecule has 6 nitrogen and oxygen atoms in total. The first-order chi connectivity index (χ1) is 12.8. The third-order valence-corrected chi connectivity index (χ3v) is 6.16. The van der Waals surface area contributed by atoms with E-state index in [4.69, 9.17) is 12.2 Å². The van der Waals surface area contributed by atoms with Crippen LogP contribution in [0, 0.1) is 4.77 Å². The van der Waals surface area contributed by atoms with Crippen molar-refractivity contribution in [3.8, 4) is 0 Å². The number of halogens is 2. The first-order valence-electron chi connectivity index (χ1n) is 9.17. The number of anilines is 1. The molecular weight excluding hydrogens is 435 g/mol. The number of aryl methyl sites for hydroxylation is 1. The first-order valence-corrected chi connectivity index (χ1v) is 10.7. The lowest BCUT2D eigenvalue weighted by Crippen LogP contribution is -2.34. The maximum atomic E-state index is 5.42. The zero-order valence-electron chi connectivity index (χ0n) is 15.8. The molecule has 154 valence electrons. The summed E-state index contributed by atoms with van der Waals surface area (Å²) < 4.78 is 2.84. The number of thioether (sulfide) groups is 1. The van der Waals surface area contributed by atoms with Crippen molar-refractivity contribution in [2.24, 2.45) is 0 Å². The monoisotopic (exact) mass is 460 g/mol. The zero-order valence-corrected chi connectivity index (χ0v) is 19.1. The molecule has 1 saturated heterocycles. The summed E-state index contributed by atoms with van der Waals surface area (Å²) in [5, 5.41) is 4.53. The molecular formula is C18H26Cl2N6S2. The van der Waals surface area contributed by atoms with Gasteiger partial charge in [-0.3, -0.25) is 0 Å². The first kappa shape index (κ1) is 23.2. The van der Waals surface area contributed by atoms with Crippen molar-refractivity contribution in [2.75, 3.05) is 43.0 Å². The minimum Gasteiger partial charge on any atom is -0.369 e. The number of nitrogens with zero attached hydrogens (tertiary/aromatic N) is 4. The molecule has 1 aliphatic heterocycles. The molecule has 10 heteroatoms. The number of H-pyrrole nitrogens is 1. The van der Waals surface area contributed by atoms with Gasteiger partial charge in [-0.1, -0.05) is 0 Å². The van der Waals surface area contributed by atoms with Crippen molar-refractivity contribution >= 4 is 76.5 Å². The molecule has 28 heavy (non-hydrogen) atoms. The average Bonchev–Trinajstić information content (AvgIpc) is 2.98. The molecule has 0 radical (unpaired) electrons. The molecule has 3 aromatic rings. The van der Waals surface area contributed by atoms with Crippen LogP contribution >= 0.6 is 48.8 Å². The smallest absolute Gasteiger partial charge is 0.178 e. The van der Waals surface area contributed by atoms with Gasteiger partial charge in [0, 0.05) is 43.1 Å². The van der Waals surface area contributed by atoms with Crippen molar-refractivity contribution in [2.45, 2.75) is 19.9 Å². The van der Waals surface area contributed by atoms with Gasteiger partial charge < -0.3 is 19.8 Å².